The second-order valence-corrected chi connectivity index (χ2v) is 3.33. The summed E-state index contributed by atoms with van der Waals surface area (Å²) >= 11 is 0. The molecule has 2 N–H and O–H groups in total. The van der Waals surface area contributed by atoms with Crippen LogP contribution < -0.4 is 0 Å². The van der Waals surface area contributed by atoms with Crippen LogP contribution in [0.1, 0.15) is 11.5 Å². The molecule has 2 rings (SSSR count). The van der Waals surface area contributed by atoms with Gasteiger partial charge in [0.2, 0.25) is 0 Å². The van der Waals surface area contributed by atoms with Crippen molar-refractivity contribution in [1.29, 1.82) is 0 Å². The van der Waals surface area contributed by atoms with Crippen LogP contribution in [0.5, 0.6) is 0 Å². The van der Waals surface area contributed by atoms with Crippen LogP contribution in [0.25, 0.3) is 11.0 Å². The second kappa shape index (κ2) is 3.69. The number of rotatable bonds is 3. The van der Waals surface area contributed by atoms with Crippen LogP contribution in [-0.2, 0) is 9.59 Å². The van der Waals surface area contributed by atoms with Gasteiger partial charge in [0.1, 0.15) is 5.58 Å². The average molecular weight is 220 g/mol. The molecule has 0 atom stereocenters. The van der Waals surface area contributed by atoms with Gasteiger partial charge in [-0.25, -0.2) is 0 Å². The molecule has 2 aromatic rings. The van der Waals surface area contributed by atoms with Gasteiger partial charge in [-0.05, 0) is 17.7 Å². The van der Waals surface area contributed by atoms with Gasteiger partial charge in [-0.2, -0.15) is 0 Å². The Kier molecular flexibility index (Phi) is 2.36. The van der Waals surface area contributed by atoms with E-state index in [1.165, 1.54) is 18.4 Å². The zero-order chi connectivity index (χ0) is 11.7. The molecule has 5 heteroatoms. The molecule has 0 saturated heterocycles. The monoisotopic (exact) mass is 220 g/mol. The highest BCUT2D eigenvalue weighted by Gasteiger charge is 2.28. The summed E-state index contributed by atoms with van der Waals surface area (Å²) in [4.78, 5) is 21.6. The van der Waals surface area contributed by atoms with Crippen molar-refractivity contribution < 1.29 is 24.2 Å². The van der Waals surface area contributed by atoms with E-state index in [0.717, 1.165) is 5.39 Å². The first-order chi connectivity index (χ1) is 7.59. The molecule has 1 heterocycles. The van der Waals surface area contributed by atoms with Crippen molar-refractivity contribution in [3.63, 3.8) is 0 Å². The minimum atomic E-state index is -1.56. The van der Waals surface area contributed by atoms with Gasteiger partial charge in [0.25, 0.3) is 0 Å². The summed E-state index contributed by atoms with van der Waals surface area (Å²) < 4.78 is 5.08. The summed E-state index contributed by atoms with van der Waals surface area (Å²) in [7, 11) is 0. The molecule has 0 bridgehead atoms. The molecule has 82 valence electrons. The van der Waals surface area contributed by atoms with E-state index >= 15 is 0 Å². The zero-order valence-electron chi connectivity index (χ0n) is 8.08. The molecular weight excluding hydrogens is 212 g/mol. The van der Waals surface area contributed by atoms with E-state index in [9.17, 15) is 9.59 Å². The molecule has 0 aliphatic rings. The maximum absolute atomic E-state index is 10.8. The van der Waals surface area contributed by atoms with Crippen LogP contribution in [0.3, 0.4) is 0 Å². The Hall–Kier alpha value is -2.30. The molecule has 0 aliphatic carbocycles. The van der Waals surface area contributed by atoms with Gasteiger partial charge in [-0.1, -0.05) is 12.1 Å². The molecule has 0 fully saturated rings. The lowest BCUT2D eigenvalue weighted by molar-refractivity contribution is -0.150. The molecule has 0 spiro atoms. The molecule has 0 aliphatic heterocycles. The predicted octanol–water partition coefficient (Wildman–Crippen LogP) is 1.69. The Morgan fingerprint density at radius 2 is 1.81 bits per heavy atom. The first-order valence-electron chi connectivity index (χ1n) is 4.52. The number of fused-ring (bicyclic) bond motifs is 1. The molecule has 0 radical (unpaired) electrons. The number of hydrogen-bond acceptors (Lipinski definition) is 3. The summed E-state index contributed by atoms with van der Waals surface area (Å²) in [5.41, 5.74) is 0.674. The standard InChI is InChI=1S/C11H8O5/c12-10(13)9(11(14)15)7-2-1-6-3-4-16-8(6)5-7/h1-5,9H,(H,12,13)(H,14,15). The fourth-order valence-electron chi connectivity index (χ4n) is 1.54. The number of aliphatic carboxylic acids is 2. The first-order valence-corrected chi connectivity index (χ1v) is 4.52. The Balaban J connectivity index is 2.52. The first kappa shape index (κ1) is 10.2. The minimum Gasteiger partial charge on any atom is -0.480 e. The summed E-state index contributed by atoms with van der Waals surface area (Å²) in [5.74, 6) is -4.34. The quantitative estimate of drug-likeness (QED) is 0.768. The van der Waals surface area contributed by atoms with E-state index in [2.05, 4.69) is 0 Å². The zero-order valence-corrected chi connectivity index (χ0v) is 8.08. The molecule has 0 amide bonds. The van der Waals surface area contributed by atoms with Gasteiger partial charge in [0, 0.05) is 5.39 Å². The van der Waals surface area contributed by atoms with E-state index in [-0.39, 0.29) is 5.56 Å². The lowest BCUT2D eigenvalue weighted by Crippen LogP contribution is -2.20. The highest BCUT2D eigenvalue weighted by atomic mass is 16.4. The van der Waals surface area contributed by atoms with E-state index < -0.39 is 17.9 Å². The summed E-state index contributed by atoms with van der Waals surface area (Å²) in [6.07, 6.45) is 1.46. The van der Waals surface area contributed by atoms with Crippen LogP contribution >= 0.6 is 0 Å². The lowest BCUT2D eigenvalue weighted by atomic mass is 9.99. The Morgan fingerprint density at radius 1 is 1.12 bits per heavy atom. The number of carboxylic acids is 2. The number of carbonyl (C=O) groups is 2. The van der Waals surface area contributed by atoms with Crippen LogP contribution in [0, 0.1) is 0 Å². The van der Waals surface area contributed by atoms with Crippen molar-refractivity contribution in [2.45, 2.75) is 5.92 Å². The number of hydrogen-bond donors (Lipinski definition) is 2. The molecule has 16 heavy (non-hydrogen) atoms. The lowest BCUT2D eigenvalue weighted by Gasteiger charge is -2.06. The minimum absolute atomic E-state index is 0.197. The summed E-state index contributed by atoms with van der Waals surface area (Å²) in [5, 5.41) is 18.4. The third-order valence-electron chi connectivity index (χ3n) is 2.31. The van der Waals surface area contributed by atoms with Crippen molar-refractivity contribution in [3.05, 3.63) is 36.1 Å². The van der Waals surface area contributed by atoms with E-state index in [4.69, 9.17) is 14.6 Å². The van der Waals surface area contributed by atoms with Gasteiger partial charge in [0.15, 0.2) is 5.92 Å². The molecule has 1 aromatic carbocycles. The van der Waals surface area contributed by atoms with Gasteiger partial charge in [-0.3, -0.25) is 9.59 Å². The Labute approximate surface area is 89.9 Å². The summed E-state index contributed by atoms with van der Waals surface area (Å²) in [6.45, 7) is 0. The van der Waals surface area contributed by atoms with Crippen molar-refractivity contribution >= 4 is 22.9 Å². The Bertz CT molecular complexity index is 540. The van der Waals surface area contributed by atoms with Gasteiger partial charge >= 0.3 is 11.9 Å². The van der Waals surface area contributed by atoms with Gasteiger partial charge < -0.3 is 14.6 Å². The fraction of sp³-hybridized carbons (Fsp3) is 0.0909. The van der Waals surface area contributed by atoms with E-state index in [0.29, 0.717) is 5.58 Å². The third kappa shape index (κ3) is 1.63. The molecule has 1 aromatic heterocycles. The summed E-state index contributed by atoms with van der Waals surface area (Å²) in [6, 6.07) is 6.26. The Morgan fingerprint density at radius 3 is 2.44 bits per heavy atom. The van der Waals surface area contributed by atoms with Gasteiger partial charge in [0.05, 0.1) is 6.26 Å². The number of carboxylic acid groups (broad SMARTS) is 2. The molecular formula is C11H8O5. The van der Waals surface area contributed by atoms with E-state index in [1.807, 2.05) is 0 Å². The maximum Gasteiger partial charge on any atom is 0.322 e. The predicted molar refractivity (Wildman–Crippen MR) is 54.2 cm³/mol. The largest absolute Gasteiger partial charge is 0.480 e. The SMILES string of the molecule is O=C(O)C(C(=O)O)c1ccc2ccoc2c1. The van der Waals surface area contributed by atoms with Crippen LogP contribution in [-0.4, -0.2) is 22.2 Å². The van der Waals surface area contributed by atoms with Gasteiger partial charge in [-0.15, -0.1) is 0 Å². The van der Waals surface area contributed by atoms with Crippen molar-refractivity contribution in [3.8, 4) is 0 Å². The smallest absolute Gasteiger partial charge is 0.322 e. The van der Waals surface area contributed by atoms with Crippen molar-refractivity contribution in [2.24, 2.45) is 0 Å². The van der Waals surface area contributed by atoms with Crippen LogP contribution in [0.2, 0.25) is 0 Å². The maximum atomic E-state index is 10.8. The normalized spacial score (nSPS) is 10.8. The third-order valence-corrected chi connectivity index (χ3v) is 2.31. The second-order valence-electron chi connectivity index (χ2n) is 3.33. The highest BCUT2D eigenvalue weighted by Crippen LogP contribution is 2.23. The van der Waals surface area contributed by atoms with Crippen molar-refractivity contribution in [2.75, 3.05) is 0 Å². The van der Waals surface area contributed by atoms with E-state index in [1.54, 1.807) is 12.1 Å². The molecule has 5 nitrogen and oxygen atoms in total. The highest BCUT2D eigenvalue weighted by molar-refractivity contribution is 5.99. The molecule has 0 unspecified atom stereocenters. The van der Waals surface area contributed by atoms with Crippen molar-refractivity contribution in [1.82, 2.24) is 0 Å². The van der Waals surface area contributed by atoms with Crippen LogP contribution in [0.15, 0.2) is 34.9 Å². The molecule has 0 saturated carbocycles. The average Bonchev–Trinajstić information content (AvgIpc) is 2.63. The van der Waals surface area contributed by atoms with Crippen LogP contribution in [0.4, 0.5) is 0 Å². The number of furan rings is 1. The fourth-order valence-corrected chi connectivity index (χ4v) is 1.54. The topological polar surface area (TPSA) is 87.7 Å². The number of benzene rings is 1.